The minimum Gasteiger partial charge on any atom is -0.396 e. The summed E-state index contributed by atoms with van der Waals surface area (Å²) in [5, 5.41) is 8.89. The van der Waals surface area contributed by atoms with Gasteiger partial charge < -0.3 is 10.0 Å². The SMILES string of the molecule is CN(C)C(=O)n1c(=O)n(C)c2cnc(CCO)nc21. The Hall–Kier alpha value is -2.22. The van der Waals surface area contributed by atoms with E-state index in [9.17, 15) is 9.59 Å². The number of carbonyl (C=O) groups excluding carboxylic acids is 1. The van der Waals surface area contributed by atoms with Crippen molar-refractivity contribution in [1.82, 2.24) is 24.0 Å². The molecule has 2 aromatic heterocycles. The Morgan fingerprint density at radius 2 is 2.16 bits per heavy atom. The monoisotopic (exact) mass is 265 g/mol. The zero-order valence-corrected chi connectivity index (χ0v) is 11.0. The second-order valence-corrected chi connectivity index (χ2v) is 4.32. The van der Waals surface area contributed by atoms with Gasteiger partial charge in [0, 0.05) is 27.6 Å². The predicted molar refractivity (Wildman–Crippen MR) is 68.0 cm³/mol. The van der Waals surface area contributed by atoms with E-state index < -0.39 is 11.7 Å². The molecule has 2 rings (SSSR count). The smallest absolute Gasteiger partial charge is 0.338 e. The van der Waals surface area contributed by atoms with Crippen LogP contribution in [0.5, 0.6) is 0 Å². The van der Waals surface area contributed by atoms with Crippen molar-refractivity contribution in [3.8, 4) is 0 Å². The average Bonchev–Trinajstić information content (AvgIpc) is 2.61. The fourth-order valence-electron chi connectivity index (χ4n) is 1.74. The lowest BCUT2D eigenvalue weighted by atomic mass is 10.4. The van der Waals surface area contributed by atoms with E-state index in [2.05, 4.69) is 9.97 Å². The van der Waals surface area contributed by atoms with E-state index >= 15 is 0 Å². The Balaban J connectivity index is 2.74. The van der Waals surface area contributed by atoms with Gasteiger partial charge >= 0.3 is 11.7 Å². The van der Waals surface area contributed by atoms with Gasteiger partial charge in [-0.25, -0.2) is 19.6 Å². The number of imidazole rings is 1. The average molecular weight is 265 g/mol. The molecule has 0 aliphatic carbocycles. The summed E-state index contributed by atoms with van der Waals surface area (Å²) >= 11 is 0. The zero-order chi connectivity index (χ0) is 14.2. The van der Waals surface area contributed by atoms with Crippen LogP contribution in [0.3, 0.4) is 0 Å². The van der Waals surface area contributed by atoms with Crippen LogP contribution in [0.2, 0.25) is 0 Å². The number of amides is 1. The summed E-state index contributed by atoms with van der Waals surface area (Å²) in [5.41, 5.74) is 0.260. The first-order valence-corrected chi connectivity index (χ1v) is 5.73. The topological polar surface area (TPSA) is 93.2 Å². The standard InChI is InChI=1S/C11H15N5O3/c1-14(2)10(18)16-9-7(15(3)11(16)19)6-12-8(13-9)4-5-17/h6,17H,4-5H2,1-3H3. The summed E-state index contributed by atoms with van der Waals surface area (Å²) in [6, 6.07) is -0.468. The van der Waals surface area contributed by atoms with Crippen molar-refractivity contribution >= 4 is 17.2 Å². The molecular formula is C11H15N5O3. The molecule has 8 heteroatoms. The molecule has 0 spiro atoms. The molecule has 102 valence electrons. The number of aromatic nitrogens is 4. The van der Waals surface area contributed by atoms with E-state index in [4.69, 9.17) is 5.11 Å². The fraction of sp³-hybridized carbons (Fsp3) is 0.455. The lowest BCUT2D eigenvalue weighted by Crippen LogP contribution is -2.35. The molecule has 0 bridgehead atoms. The molecule has 0 atom stereocenters. The normalized spacial score (nSPS) is 10.9. The molecule has 0 radical (unpaired) electrons. The maximum atomic E-state index is 12.1. The number of hydrogen-bond donors (Lipinski definition) is 1. The van der Waals surface area contributed by atoms with Gasteiger partial charge in [-0.1, -0.05) is 0 Å². The van der Waals surface area contributed by atoms with Gasteiger partial charge in [0.25, 0.3) is 0 Å². The Morgan fingerprint density at radius 3 is 2.74 bits per heavy atom. The minimum absolute atomic E-state index is 0.0931. The largest absolute Gasteiger partial charge is 0.396 e. The quantitative estimate of drug-likeness (QED) is 0.767. The Kier molecular flexibility index (Phi) is 3.34. The number of rotatable bonds is 2. The maximum absolute atomic E-state index is 12.1. The van der Waals surface area contributed by atoms with Crippen molar-refractivity contribution in [2.75, 3.05) is 20.7 Å². The van der Waals surface area contributed by atoms with Crippen LogP contribution in [0.15, 0.2) is 11.0 Å². The molecule has 0 unspecified atom stereocenters. The van der Waals surface area contributed by atoms with Crippen LogP contribution in [0.25, 0.3) is 11.2 Å². The van der Waals surface area contributed by atoms with Gasteiger partial charge in [-0.3, -0.25) is 4.57 Å². The number of nitrogens with zero attached hydrogens (tertiary/aromatic N) is 5. The summed E-state index contributed by atoms with van der Waals surface area (Å²) in [6.07, 6.45) is 1.75. The molecule has 8 nitrogen and oxygen atoms in total. The number of aliphatic hydroxyl groups is 1. The number of carbonyl (C=O) groups is 1. The zero-order valence-electron chi connectivity index (χ0n) is 11.0. The van der Waals surface area contributed by atoms with Crippen molar-refractivity contribution < 1.29 is 9.90 Å². The van der Waals surface area contributed by atoms with E-state index in [0.717, 1.165) is 4.57 Å². The third kappa shape index (κ3) is 2.10. The minimum atomic E-state index is -0.468. The van der Waals surface area contributed by atoms with Crippen molar-refractivity contribution in [3.63, 3.8) is 0 Å². The van der Waals surface area contributed by atoms with Gasteiger partial charge in [-0.05, 0) is 0 Å². The van der Waals surface area contributed by atoms with Crippen LogP contribution in [-0.2, 0) is 13.5 Å². The summed E-state index contributed by atoms with van der Waals surface area (Å²) in [6.45, 7) is -0.0931. The first kappa shape index (κ1) is 13.2. The van der Waals surface area contributed by atoms with E-state index in [-0.39, 0.29) is 18.7 Å². The highest BCUT2D eigenvalue weighted by Gasteiger charge is 2.19. The van der Waals surface area contributed by atoms with E-state index in [1.54, 1.807) is 21.1 Å². The van der Waals surface area contributed by atoms with Gasteiger partial charge in [0.05, 0.1) is 12.8 Å². The summed E-state index contributed by atoms with van der Waals surface area (Å²) < 4.78 is 2.32. The first-order chi connectivity index (χ1) is 8.97. The molecule has 0 aliphatic rings. The van der Waals surface area contributed by atoms with Crippen LogP contribution in [-0.4, -0.2) is 55.8 Å². The number of hydrogen-bond acceptors (Lipinski definition) is 5. The maximum Gasteiger partial charge on any atom is 0.338 e. The highest BCUT2D eigenvalue weighted by molar-refractivity contribution is 5.86. The Morgan fingerprint density at radius 1 is 1.47 bits per heavy atom. The first-order valence-electron chi connectivity index (χ1n) is 5.73. The lowest BCUT2D eigenvalue weighted by molar-refractivity contribution is 0.219. The molecular weight excluding hydrogens is 250 g/mol. The summed E-state index contributed by atoms with van der Waals surface area (Å²) in [5.74, 6) is 0.390. The van der Waals surface area contributed by atoms with E-state index in [1.165, 1.54) is 15.7 Å². The van der Waals surface area contributed by atoms with Gasteiger partial charge in [-0.15, -0.1) is 0 Å². The molecule has 0 aliphatic heterocycles. The summed E-state index contributed by atoms with van der Waals surface area (Å²) in [7, 11) is 4.67. The molecule has 0 aromatic carbocycles. The summed E-state index contributed by atoms with van der Waals surface area (Å²) in [4.78, 5) is 33.6. The molecule has 0 saturated heterocycles. The van der Waals surface area contributed by atoms with Gasteiger partial charge in [0.15, 0.2) is 5.65 Å². The second kappa shape index (κ2) is 4.81. The third-order valence-electron chi connectivity index (χ3n) is 2.76. The van der Waals surface area contributed by atoms with Crippen LogP contribution < -0.4 is 5.69 Å². The molecule has 1 N–H and O–H groups in total. The van der Waals surface area contributed by atoms with Gasteiger partial charge in [-0.2, -0.15) is 4.57 Å². The molecule has 0 fully saturated rings. The molecule has 2 aromatic rings. The van der Waals surface area contributed by atoms with Crippen LogP contribution in [0.1, 0.15) is 5.82 Å². The number of fused-ring (bicyclic) bond motifs is 1. The highest BCUT2D eigenvalue weighted by atomic mass is 16.3. The predicted octanol–water partition coefficient (Wildman–Crippen LogP) is -0.805. The van der Waals surface area contributed by atoms with Crippen molar-refractivity contribution in [3.05, 3.63) is 22.5 Å². The molecule has 0 saturated carbocycles. The number of aryl methyl sites for hydroxylation is 1. The van der Waals surface area contributed by atoms with E-state index in [0.29, 0.717) is 11.3 Å². The van der Waals surface area contributed by atoms with E-state index in [1.807, 2.05) is 0 Å². The van der Waals surface area contributed by atoms with Gasteiger partial charge in [0.1, 0.15) is 11.3 Å². The highest BCUT2D eigenvalue weighted by Crippen LogP contribution is 2.09. The van der Waals surface area contributed by atoms with Crippen molar-refractivity contribution in [2.45, 2.75) is 6.42 Å². The second-order valence-electron chi connectivity index (χ2n) is 4.32. The van der Waals surface area contributed by atoms with Crippen LogP contribution >= 0.6 is 0 Å². The molecule has 1 amide bonds. The van der Waals surface area contributed by atoms with Crippen molar-refractivity contribution in [2.24, 2.45) is 7.05 Å². The third-order valence-corrected chi connectivity index (χ3v) is 2.76. The van der Waals surface area contributed by atoms with Crippen LogP contribution in [0.4, 0.5) is 4.79 Å². The Labute approximate surface area is 108 Å². The number of aliphatic hydroxyl groups excluding tert-OH is 1. The molecule has 19 heavy (non-hydrogen) atoms. The van der Waals surface area contributed by atoms with Crippen LogP contribution in [0, 0.1) is 0 Å². The lowest BCUT2D eigenvalue weighted by Gasteiger charge is -2.09. The Bertz CT molecular complexity index is 685. The van der Waals surface area contributed by atoms with Crippen molar-refractivity contribution in [1.29, 1.82) is 0 Å². The molecule has 2 heterocycles. The fourth-order valence-corrected chi connectivity index (χ4v) is 1.74. The van der Waals surface area contributed by atoms with Gasteiger partial charge in [0.2, 0.25) is 0 Å².